The monoisotopic (exact) mass is 665 g/mol. The molecule has 2 heterocycles. The van der Waals surface area contributed by atoms with Crippen molar-refractivity contribution in [2.75, 3.05) is 36.9 Å². The minimum absolute atomic E-state index is 0.00117. The number of anilines is 3. The normalized spacial score (nSPS) is 18.7. The fourth-order valence-electron chi connectivity index (χ4n) is 5.40. The maximum absolute atomic E-state index is 13.1. The van der Waals surface area contributed by atoms with Gasteiger partial charge in [-0.15, -0.1) is 0 Å². The van der Waals surface area contributed by atoms with Gasteiger partial charge in [-0.25, -0.2) is 13.1 Å². The number of alkyl halides is 3. The van der Waals surface area contributed by atoms with Crippen LogP contribution in [0, 0.1) is 0 Å². The van der Waals surface area contributed by atoms with Crippen molar-refractivity contribution in [2.24, 2.45) is 0 Å². The number of likely N-dealkylation sites (tertiary alicyclic amines) is 1. The lowest BCUT2D eigenvalue weighted by molar-refractivity contribution is -0.154. The van der Waals surface area contributed by atoms with E-state index in [-0.39, 0.29) is 17.5 Å². The van der Waals surface area contributed by atoms with E-state index in [2.05, 4.69) is 35.2 Å². The van der Waals surface area contributed by atoms with Crippen LogP contribution < -0.4 is 20.1 Å². The summed E-state index contributed by atoms with van der Waals surface area (Å²) < 4.78 is 70.9. The number of hydrogen-bond donors (Lipinski definition) is 3. The van der Waals surface area contributed by atoms with Gasteiger partial charge in [-0.3, -0.25) is 4.79 Å². The van der Waals surface area contributed by atoms with Crippen molar-refractivity contribution in [3.05, 3.63) is 64.7 Å². The number of hydrogen-bond acceptors (Lipinski definition) is 10. The van der Waals surface area contributed by atoms with E-state index < -0.39 is 45.0 Å². The van der Waals surface area contributed by atoms with Gasteiger partial charge in [0.05, 0.1) is 5.54 Å². The zero-order chi connectivity index (χ0) is 31.9. The molecule has 16 heteroatoms. The maximum atomic E-state index is 13.1. The van der Waals surface area contributed by atoms with Crippen molar-refractivity contribution in [3.63, 3.8) is 0 Å². The molecule has 1 saturated heterocycles. The van der Waals surface area contributed by atoms with Gasteiger partial charge in [-0.2, -0.15) is 28.1 Å². The van der Waals surface area contributed by atoms with Crippen LogP contribution in [0.25, 0.3) is 0 Å². The molecule has 2 saturated carbocycles. The second kappa shape index (κ2) is 11.9. The van der Waals surface area contributed by atoms with Gasteiger partial charge in [0.15, 0.2) is 6.61 Å². The SMILES string of the molecule is O=C(NS(=O)(=O)C1(CN2CCCC2)CC1)c1ccc(Nc2nc(NC3(c4ccc(Cl)cc4)CC3)nc(OCC(F)(F)F)n2)cc1. The number of amides is 1. The molecule has 240 valence electrons. The van der Waals surface area contributed by atoms with E-state index in [9.17, 15) is 26.4 Å². The van der Waals surface area contributed by atoms with Crippen LogP contribution >= 0.6 is 11.6 Å². The Morgan fingerprint density at radius 2 is 1.58 bits per heavy atom. The third-order valence-corrected chi connectivity index (χ3v) is 10.6. The Balaban J connectivity index is 1.15. The van der Waals surface area contributed by atoms with Gasteiger partial charge in [-0.05, 0) is 93.6 Å². The third-order valence-electron chi connectivity index (χ3n) is 8.20. The van der Waals surface area contributed by atoms with E-state index in [0.717, 1.165) is 44.3 Å². The zero-order valence-corrected chi connectivity index (χ0v) is 25.6. The van der Waals surface area contributed by atoms with Gasteiger partial charge >= 0.3 is 12.2 Å². The Kier molecular flexibility index (Phi) is 8.29. The number of sulfonamides is 1. The fourth-order valence-corrected chi connectivity index (χ4v) is 7.09. The second-order valence-corrected chi connectivity index (χ2v) is 14.2. The molecule has 0 spiro atoms. The molecule has 45 heavy (non-hydrogen) atoms. The van der Waals surface area contributed by atoms with Crippen LogP contribution in [0.15, 0.2) is 48.5 Å². The zero-order valence-electron chi connectivity index (χ0n) is 24.0. The lowest BCUT2D eigenvalue weighted by atomic mass is 10.1. The first-order valence-electron chi connectivity index (χ1n) is 14.5. The lowest BCUT2D eigenvalue weighted by Crippen LogP contribution is -2.45. The quantitative estimate of drug-likeness (QED) is 0.242. The van der Waals surface area contributed by atoms with Gasteiger partial charge in [-0.1, -0.05) is 23.7 Å². The molecule has 0 unspecified atom stereocenters. The lowest BCUT2D eigenvalue weighted by Gasteiger charge is -2.23. The molecule has 1 aliphatic heterocycles. The van der Waals surface area contributed by atoms with Gasteiger partial charge in [0.1, 0.15) is 4.75 Å². The molecule has 1 aromatic heterocycles. The van der Waals surface area contributed by atoms with Gasteiger partial charge in [0, 0.05) is 22.8 Å². The largest absolute Gasteiger partial charge is 0.454 e. The summed E-state index contributed by atoms with van der Waals surface area (Å²) in [6, 6.07) is 12.5. The Morgan fingerprint density at radius 1 is 0.933 bits per heavy atom. The molecule has 0 bridgehead atoms. The summed E-state index contributed by atoms with van der Waals surface area (Å²) in [6.07, 6.45) is -0.0397. The summed E-state index contributed by atoms with van der Waals surface area (Å²) in [5, 5.41) is 6.65. The number of carbonyl (C=O) groups excluding carboxylic acids is 1. The highest BCUT2D eigenvalue weighted by atomic mass is 35.5. The van der Waals surface area contributed by atoms with Crippen LogP contribution in [0.5, 0.6) is 6.01 Å². The highest BCUT2D eigenvalue weighted by Gasteiger charge is 2.56. The number of halogens is 4. The summed E-state index contributed by atoms with van der Waals surface area (Å²) in [4.78, 5) is 27.3. The summed E-state index contributed by atoms with van der Waals surface area (Å²) in [6.45, 7) is 0.538. The molecule has 6 rings (SSSR count). The molecule has 3 N–H and O–H groups in total. The minimum atomic E-state index is -4.61. The van der Waals surface area contributed by atoms with Crippen molar-refractivity contribution in [1.82, 2.24) is 24.6 Å². The molecule has 0 radical (unpaired) electrons. The maximum Gasteiger partial charge on any atom is 0.422 e. The van der Waals surface area contributed by atoms with Gasteiger partial charge < -0.3 is 20.3 Å². The smallest absolute Gasteiger partial charge is 0.422 e. The predicted molar refractivity (Wildman–Crippen MR) is 161 cm³/mol. The summed E-state index contributed by atoms with van der Waals surface area (Å²) in [5.41, 5.74) is 0.902. The van der Waals surface area contributed by atoms with E-state index in [1.54, 1.807) is 12.1 Å². The summed E-state index contributed by atoms with van der Waals surface area (Å²) >= 11 is 6.02. The number of benzene rings is 2. The van der Waals surface area contributed by atoms with Crippen LogP contribution in [0.4, 0.5) is 30.8 Å². The molecule has 11 nitrogen and oxygen atoms in total. The number of ether oxygens (including phenoxy) is 1. The molecule has 3 fully saturated rings. The molecular formula is C29H31ClF3N7O4S. The summed E-state index contributed by atoms with van der Waals surface area (Å²) in [5.74, 6) is -0.851. The highest BCUT2D eigenvalue weighted by Crippen LogP contribution is 2.48. The summed E-state index contributed by atoms with van der Waals surface area (Å²) in [7, 11) is -3.89. The van der Waals surface area contributed by atoms with Crippen molar-refractivity contribution in [1.29, 1.82) is 0 Å². The fraction of sp³-hybridized carbons (Fsp3) is 0.448. The van der Waals surface area contributed by atoms with E-state index in [0.29, 0.717) is 30.1 Å². The van der Waals surface area contributed by atoms with Crippen molar-refractivity contribution >= 4 is 45.1 Å². The first-order valence-corrected chi connectivity index (χ1v) is 16.4. The molecule has 2 aromatic carbocycles. The van der Waals surface area contributed by atoms with Crippen LogP contribution in [0.1, 0.15) is 54.4 Å². The van der Waals surface area contributed by atoms with Gasteiger partial charge in [0.2, 0.25) is 21.9 Å². The number of nitrogens with zero attached hydrogens (tertiary/aromatic N) is 4. The van der Waals surface area contributed by atoms with E-state index in [1.165, 1.54) is 24.3 Å². The molecule has 0 atom stereocenters. The molecular weight excluding hydrogens is 635 g/mol. The minimum Gasteiger partial charge on any atom is -0.454 e. The van der Waals surface area contributed by atoms with E-state index in [1.807, 2.05) is 12.1 Å². The molecule has 3 aliphatic rings. The number of aromatic nitrogens is 3. The van der Waals surface area contributed by atoms with Crippen molar-refractivity contribution in [3.8, 4) is 6.01 Å². The van der Waals surface area contributed by atoms with Crippen molar-refractivity contribution < 1.29 is 31.1 Å². The topological polar surface area (TPSA) is 138 Å². The molecule has 3 aromatic rings. The number of carbonyl (C=O) groups is 1. The Hall–Kier alpha value is -3.69. The first-order chi connectivity index (χ1) is 21.3. The number of nitrogens with one attached hydrogen (secondary N) is 3. The molecule has 1 amide bonds. The first kappa shape index (κ1) is 31.3. The standard InChI is InChI=1S/C29H31ClF3N7O4S/c30-21-7-5-20(6-8-21)28(13-14-28)38-25-35-24(36-26(37-25)44-18-29(31,32)33)34-22-9-3-19(4-10-22)23(41)39-45(42,43)27(11-12-27)17-40-15-1-2-16-40/h3-10H,1-2,11-18H2,(H,39,41)(H2,34,35,36,37,38). The second-order valence-electron chi connectivity index (χ2n) is 11.7. The molecule has 2 aliphatic carbocycles. The van der Waals surface area contributed by atoms with Crippen molar-refractivity contribution in [2.45, 2.75) is 55.0 Å². The van der Waals surface area contributed by atoms with Crippen LogP contribution in [-0.2, 0) is 15.6 Å². The number of rotatable bonds is 12. The van der Waals surface area contributed by atoms with Gasteiger partial charge in [0.25, 0.3) is 5.91 Å². The average Bonchev–Trinajstić information content (AvgIpc) is 3.89. The average molecular weight is 666 g/mol. The Morgan fingerprint density at radius 3 is 2.18 bits per heavy atom. The predicted octanol–water partition coefficient (Wildman–Crippen LogP) is 5.00. The van der Waals surface area contributed by atoms with Crippen LogP contribution in [-0.4, -0.2) is 71.3 Å². The Labute approximate surface area is 263 Å². The highest BCUT2D eigenvalue weighted by molar-refractivity contribution is 7.91. The van der Waals surface area contributed by atoms with E-state index >= 15 is 0 Å². The van der Waals surface area contributed by atoms with Crippen LogP contribution in [0.2, 0.25) is 5.02 Å². The Bertz CT molecular complexity index is 1660. The van der Waals surface area contributed by atoms with Crippen LogP contribution in [0.3, 0.4) is 0 Å². The van der Waals surface area contributed by atoms with E-state index in [4.69, 9.17) is 16.3 Å². The third kappa shape index (κ3) is 7.42.